The molecule has 0 fully saturated rings. The summed E-state index contributed by atoms with van der Waals surface area (Å²) in [4.78, 5) is 0. The van der Waals surface area contributed by atoms with Crippen LogP contribution in [0.25, 0.3) is 10.8 Å². The Balaban J connectivity index is 2.13. The van der Waals surface area contributed by atoms with Crippen molar-refractivity contribution < 1.29 is 5.11 Å². The maximum Gasteiger partial charge on any atom is 0.0813 e. The lowest BCUT2D eigenvalue weighted by molar-refractivity contribution is 0.0266. The topological polar surface area (TPSA) is 32.3 Å². The summed E-state index contributed by atoms with van der Waals surface area (Å²) in [5.74, 6) is 0.227. The Morgan fingerprint density at radius 1 is 1.11 bits per heavy atom. The first-order valence-corrected chi connectivity index (χ1v) is 6.44. The molecule has 2 aromatic rings. The van der Waals surface area contributed by atoms with Crippen LogP contribution in [0, 0.1) is 5.92 Å². The molecule has 0 heterocycles. The smallest absolute Gasteiger partial charge is 0.0813 e. The highest BCUT2D eigenvalue weighted by molar-refractivity contribution is 5.85. The van der Waals surface area contributed by atoms with Gasteiger partial charge in [-0.25, -0.2) is 0 Å². The second kappa shape index (κ2) is 4.99. The van der Waals surface area contributed by atoms with E-state index in [-0.39, 0.29) is 5.92 Å². The summed E-state index contributed by atoms with van der Waals surface area (Å²) >= 11 is 0. The van der Waals surface area contributed by atoms with Crippen LogP contribution in [-0.2, 0) is 0 Å². The Bertz CT molecular complexity index is 531. The normalized spacial score (nSPS) is 14.7. The van der Waals surface area contributed by atoms with E-state index in [0.29, 0.717) is 6.54 Å². The van der Waals surface area contributed by atoms with Gasteiger partial charge in [0.1, 0.15) is 0 Å². The Morgan fingerprint density at radius 2 is 1.78 bits per heavy atom. The molecule has 0 amide bonds. The molecule has 2 aromatic carbocycles. The highest BCUT2D eigenvalue weighted by atomic mass is 16.3. The fourth-order valence-electron chi connectivity index (χ4n) is 1.78. The summed E-state index contributed by atoms with van der Waals surface area (Å²) in [7, 11) is 0. The lowest BCUT2D eigenvalue weighted by atomic mass is 9.92. The van der Waals surface area contributed by atoms with E-state index in [2.05, 4.69) is 35.6 Å². The zero-order chi connectivity index (χ0) is 13.2. The molecule has 0 saturated heterocycles. The lowest BCUT2D eigenvalue weighted by Gasteiger charge is -2.28. The Kier molecular flexibility index (Phi) is 3.58. The van der Waals surface area contributed by atoms with Crippen LogP contribution >= 0.6 is 0 Å². The van der Waals surface area contributed by atoms with Gasteiger partial charge in [0.15, 0.2) is 0 Å². The number of rotatable bonds is 4. The first kappa shape index (κ1) is 12.9. The zero-order valence-corrected chi connectivity index (χ0v) is 11.3. The van der Waals surface area contributed by atoms with Gasteiger partial charge in [-0.2, -0.15) is 0 Å². The third kappa shape index (κ3) is 2.82. The number of aliphatic hydroxyl groups is 1. The molecule has 0 aliphatic rings. The zero-order valence-electron chi connectivity index (χ0n) is 11.3. The third-order valence-electron chi connectivity index (χ3n) is 3.64. The number of nitrogens with one attached hydrogen (secondary N) is 1. The van der Waals surface area contributed by atoms with Gasteiger partial charge in [-0.15, -0.1) is 0 Å². The number of benzene rings is 2. The Morgan fingerprint density at radius 3 is 2.44 bits per heavy atom. The van der Waals surface area contributed by atoms with Crippen LogP contribution in [0.4, 0.5) is 5.69 Å². The van der Waals surface area contributed by atoms with Crippen LogP contribution in [0.2, 0.25) is 0 Å². The average Bonchev–Trinajstić information content (AvgIpc) is 2.36. The molecule has 0 spiro atoms. The van der Waals surface area contributed by atoms with E-state index in [1.165, 1.54) is 10.8 Å². The predicted octanol–water partition coefficient (Wildman–Crippen LogP) is 3.66. The first-order chi connectivity index (χ1) is 8.49. The molecule has 0 aliphatic carbocycles. The van der Waals surface area contributed by atoms with Crippen molar-refractivity contribution in [2.45, 2.75) is 26.4 Å². The molecule has 2 nitrogen and oxygen atoms in total. The van der Waals surface area contributed by atoms with Gasteiger partial charge < -0.3 is 10.4 Å². The molecule has 96 valence electrons. The van der Waals surface area contributed by atoms with Crippen molar-refractivity contribution in [2.75, 3.05) is 11.9 Å². The van der Waals surface area contributed by atoms with Crippen LogP contribution < -0.4 is 5.32 Å². The molecular weight excluding hydrogens is 222 g/mol. The number of hydrogen-bond acceptors (Lipinski definition) is 2. The molecular formula is C16H21NO. The Hall–Kier alpha value is -1.54. The second-order valence-electron chi connectivity index (χ2n) is 5.43. The predicted molar refractivity (Wildman–Crippen MR) is 77.9 cm³/mol. The van der Waals surface area contributed by atoms with Crippen LogP contribution in [0.1, 0.15) is 20.8 Å². The van der Waals surface area contributed by atoms with E-state index in [0.717, 1.165) is 5.69 Å². The van der Waals surface area contributed by atoms with Crippen molar-refractivity contribution in [3.8, 4) is 0 Å². The second-order valence-corrected chi connectivity index (χ2v) is 5.43. The molecule has 18 heavy (non-hydrogen) atoms. The first-order valence-electron chi connectivity index (χ1n) is 6.44. The third-order valence-corrected chi connectivity index (χ3v) is 3.64. The monoisotopic (exact) mass is 243 g/mol. The number of anilines is 1. The number of fused-ring (bicyclic) bond motifs is 1. The minimum absolute atomic E-state index is 0.227. The summed E-state index contributed by atoms with van der Waals surface area (Å²) in [5, 5.41) is 16.0. The number of hydrogen-bond donors (Lipinski definition) is 2. The van der Waals surface area contributed by atoms with Gasteiger partial charge in [-0.3, -0.25) is 0 Å². The molecule has 1 atom stereocenters. The van der Waals surface area contributed by atoms with Crippen LogP contribution in [0.15, 0.2) is 42.5 Å². The summed E-state index contributed by atoms with van der Waals surface area (Å²) in [6.07, 6.45) is 0. The molecule has 0 saturated carbocycles. The average molecular weight is 243 g/mol. The van der Waals surface area contributed by atoms with E-state index in [9.17, 15) is 5.11 Å². The lowest BCUT2D eigenvalue weighted by Crippen LogP contribution is -2.38. The minimum atomic E-state index is -0.689. The van der Waals surface area contributed by atoms with Crippen molar-refractivity contribution in [2.24, 2.45) is 5.92 Å². The Labute approximate surface area is 109 Å². The molecule has 0 aliphatic heterocycles. The fraction of sp³-hybridized carbons (Fsp3) is 0.375. The van der Waals surface area contributed by atoms with E-state index in [4.69, 9.17) is 0 Å². The van der Waals surface area contributed by atoms with Gasteiger partial charge in [0.25, 0.3) is 0 Å². The SMILES string of the molecule is CC(C)C(C)(O)CNc1ccc2ccccc2c1. The molecule has 0 radical (unpaired) electrons. The van der Waals surface area contributed by atoms with E-state index < -0.39 is 5.60 Å². The van der Waals surface area contributed by atoms with E-state index in [1.54, 1.807) is 0 Å². The van der Waals surface area contributed by atoms with Crippen LogP contribution in [-0.4, -0.2) is 17.3 Å². The van der Waals surface area contributed by atoms with Gasteiger partial charge in [-0.05, 0) is 35.7 Å². The van der Waals surface area contributed by atoms with Crippen molar-refractivity contribution in [1.29, 1.82) is 0 Å². The van der Waals surface area contributed by atoms with Crippen molar-refractivity contribution in [3.63, 3.8) is 0 Å². The van der Waals surface area contributed by atoms with Crippen LogP contribution in [0.5, 0.6) is 0 Å². The molecule has 0 aromatic heterocycles. The molecule has 1 unspecified atom stereocenters. The summed E-state index contributed by atoms with van der Waals surface area (Å²) in [6, 6.07) is 14.5. The van der Waals surface area contributed by atoms with Gasteiger partial charge in [0, 0.05) is 12.2 Å². The molecule has 0 bridgehead atoms. The summed E-state index contributed by atoms with van der Waals surface area (Å²) < 4.78 is 0. The summed E-state index contributed by atoms with van der Waals surface area (Å²) in [6.45, 7) is 6.48. The largest absolute Gasteiger partial charge is 0.388 e. The van der Waals surface area contributed by atoms with Gasteiger partial charge in [0.2, 0.25) is 0 Å². The van der Waals surface area contributed by atoms with E-state index >= 15 is 0 Å². The van der Waals surface area contributed by atoms with Gasteiger partial charge in [-0.1, -0.05) is 44.2 Å². The maximum atomic E-state index is 10.2. The minimum Gasteiger partial charge on any atom is -0.388 e. The molecule has 2 N–H and O–H groups in total. The van der Waals surface area contributed by atoms with Gasteiger partial charge >= 0.3 is 0 Å². The quantitative estimate of drug-likeness (QED) is 0.859. The highest BCUT2D eigenvalue weighted by Gasteiger charge is 2.24. The standard InChI is InChI=1S/C16H21NO/c1-12(2)16(3,18)11-17-15-9-8-13-6-4-5-7-14(13)10-15/h4-10,12,17-18H,11H2,1-3H3. The van der Waals surface area contributed by atoms with Crippen molar-refractivity contribution >= 4 is 16.5 Å². The van der Waals surface area contributed by atoms with E-state index in [1.807, 2.05) is 32.9 Å². The van der Waals surface area contributed by atoms with Gasteiger partial charge in [0.05, 0.1) is 5.60 Å². The van der Waals surface area contributed by atoms with Crippen molar-refractivity contribution in [1.82, 2.24) is 0 Å². The highest BCUT2D eigenvalue weighted by Crippen LogP contribution is 2.21. The van der Waals surface area contributed by atoms with Crippen LogP contribution in [0.3, 0.4) is 0 Å². The summed E-state index contributed by atoms with van der Waals surface area (Å²) in [5.41, 5.74) is 0.362. The maximum absolute atomic E-state index is 10.2. The molecule has 2 rings (SSSR count). The fourth-order valence-corrected chi connectivity index (χ4v) is 1.78. The molecule has 2 heteroatoms. The van der Waals surface area contributed by atoms with Crippen molar-refractivity contribution in [3.05, 3.63) is 42.5 Å².